The van der Waals surface area contributed by atoms with E-state index in [1.807, 2.05) is 31.3 Å². The quantitative estimate of drug-likeness (QED) is 0.848. The highest BCUT2D eigenvalue weighted by molar-refractivity contribution is 5.56. The molecule has 2 unspecified atom stereocenters. The second kappa shape index (κ2) is 6.99. The van der Waals surface area contributed by atoms with Crippen molar-refractivity contribution in [3.63, 3.8) is 0 Å². The Morgan fingerprint density at radius 2 is 2.00 bits per heavy atom. The number of piperazine rings is 1. The van der Waals surface area contributed by atoms with Crippen molar-refractivity contribution in [1.82, 2.24) is 14.9 Å². The third-order valence-electron chi connectivity index (χ3n) is 5.18. The first-order valence-corrected chi connectivity index (χ1v) is 9.06. The summed E-state index contributed by atoms with van der Waals surface area (Å²) in [5.41, 5.74) is 8.27. The van der Waals surface area contributed by atoms with Gasteiger partial charge >= 0.3 is 0 Å². The molecule has 0 saturated carbocycles. The number of ether oxygens (including phenoxy) is 2. The molecule has 0 amide bonds. The molecule has 2 aromatic rings. The molecule has 2 atom stereocenters. The van der Waals surface area contributed by atoms with Gasteiger partial charge in [0.05, 0.1) is 13.7 Å². The minimum Gasteiger partial charge on any atom is -0.481 e. The van der Waals surface area contributed by atoms with Gasteiger partial charge in [0, 0.05) is 61.8 Å². The maximum atomic E-state index is 5.95. The lowest BCUT2D eigenvalue weighted by molar-refractivity contribution is -0.00853. The van der Waals surface area contributed by atoms with E-state index in [0.29, 0.717) is 36.3 Å². The highest BCUT2D eigenvalue weighted by atomic mass is 16.5. The summed E-state index contributed by atoms with van der Waals surface area (Å²) in [4.78, 5) is 13.5. The third kappa shape index (κ3) is 3.26. The van der Waals surface area contributed by atoms with Gasteiger partial charge in [0.1, 0.15) is 5.82 Å². The van der Waals surface area contributed by atoms with Crippen LogP contribution in [0.15, 0.2) is 30.5 Å². The zero-order chi connectivity index (χ0) is 18.1. The molecule has 3 aliphatic rings. The van der Waals surface area contributed by atoms with E-state index in [4.69, 9.17) is 15.2 Å². The zero-order valence-corrected chi connectivity index (χ0v) is 15.3. The minimum absolute atomic E-state index is 0.506. The van der Waals surface area contributed by atoms with Gasteiger partial charge in [-0.15, -0.1) is 0 Å². The van der Waals surface area contributed by atoms with Crippen molar-refractivity contribution in [3.05, 3.63) is 36.0 Å². The number of rotatable bonds is 6. The number of nitrogens with two attached hydrogens (primary N) is 1. The summed E-state index contributed by atoms with van der Waals surface area (Å²) in [6, 6.07) is 9.05. The number of methoxy groups -OCH3 is 1. The van der Waals surface area contributed by atoms with Crippen LogP contribution < -0.4 is 20.1 Å². The maximum Gasteiger partial charge on any atom is 0.217 e. The number of hydrogen-bond acceptors (Lipinski definition) is 7. The van der Waals surface area contributed by atoms with Crippen LogP contribution in [0, 0.1) is 0 Å². The standard InChI is InChI=1S/C19H25N5O2/c1-3-26-19-8-14(7-17(20)22-19)23-11-15-6-16(12-23)24(15)10-13-4-5-18(25-2)21-9-13/h4-5,7-9,15-16H,3,6,10-12H2,1-2H3,(H2,20,22). The Morgan fingerprint density at radius 3 is 2.65 bits per heavy atom. The SMILES string of the molecule is CCOc1cc(N2CC3CC(C2)N3Cc2ccc(OC)nc2)cc(N)n1. The van der Waals surface area contributed by atoms with Gasteiger partial charge in [0.25, 0.3) is 0 Å². The Labute approximate surface area is 153 Å². The van der Waals surface area contributed by atoms with Crippen molar-refractivity contribution in [2.24, 2.45) is 0 Å². The molecule has 0 spiro atoms. The van der Waals surface area contributed by atoms with E-state index in [0.717, 1.165) is 25.3 Å². The summed E-state index contributed by atoms with van der Waals surface area (Å²) in [7, 11) is 1.64. The van der Waals surface area contributed by atoms with E-state index >= 15 is 0 Å². The monoisotopic (exact) mass is 355 g/mol. The first-order chi connectivity index (χ1) is 12.7. The number of nitrogens with zero attached hydrogens (tertiary/aromatic N) is 4. The van der Waals surface area contributed by atoms with Gasteiger partial charge in [0.2, 0.25) is 11.8 Å². The Kier molecular flexibility index (Phi) is 4.55. The molecule has 7 heteroatoms. The van der Waals surface area contributed by atoms with Gasteiger partial charge in [-0.3, -0.25) is 4.90 Å². The molecule has 138 valence electrons. The molecule has 5 rings (SSSR count). The van der Waals surface area contributed by atoms with Crippen molar-refractivity contribution in [1.29, 1.82) is 0 Å². The fourth-order valence-electron chi connectivity index (χ4n) is 3.91. The summed E-state index contributed by atoms with van der Waals surface area (Å²) in [6.07, 6.45) is 3.15. The van der Waals surface area contributed by atoms with Crippen LogP contribution in [0.4, 0.5) is 11.5 Å². The molecule has 3 saturated heterocycles. The van der Waals surface area contributed by atoms with Gasteiger partial charge in [-0.1, -0.05) is 6.07 Å². The summed E-state index contributed by atoms with van der Waals surface area (Å²) in [5, 5.41) is 0. The molecular weight excluding hydrogens is 330 g/mol. The molecule has 2 aromatic heterocycles. The van der Waals surface area contributed by atoms with E-state index in [2.05, 4.69) is 25.8 Å². The largest absolute Gasteiger partial charge is 0.481 e. The Balaban J connectivity index is 1.42. The number of piperidine rings is 1. The highest BCUT2D eigenvalue weighted by Gasteiger charge is 2.44. The molecule has 7 nitrogen and oxygen atoms in total. The van der Waals surface area contributed by atoms with Crippen LogP contribution in [0.5, 0.6) is 11.8 Å². The Morgan fingerprint density at radius 1 is 1.19 bits per heavy atom. The fourth-order valence-corrected chi connectivity index (χ4v) is 3.91. The first-order valence-electron chi connectivity index (χ1n) is 9.06. The predicted octanol–water partition coefficient (Wildman–Crippen LogP) is 1.93. The topological polar surface area (TPSA) is 76.7 Å². The summed E-state index contributed by atoms with van der Waals surface area (Å²) >= 11 is 0. The molecule has 0 radical (unpaired) electrons. The van der Waals surface area contributed by atoms with Crippen molar-refractivity contribution in [2.75, 3.05) is 37.4 Å². The van der Waals surface area contributed by atoms with Crippen molar-refractivity contribution in [3.8, 4) is 11.8 Å². The lowest BCUT2D eigenvalue weighted by atomic mass is 9.86. The van der Waals surface area contributed by atoms with Gasteiger partial charge in [-0.2, -0.15) is 4.98 Å². The van der Waals surface area contributed by atoms with E-state index in [-0.39, 0.29) is 0 Å². The van der Waals surface area contributed by atoms with Gasteiger partial charge in [-0.05, 0) is 18.9 Å². The second-order valence-electron chi connectivity index (χ2n) is 6.85. The molecule has 3 aliphatic heterocycles. The Bertz CT molecular complexity index is 755. The molecule has 26 heavy (non-hydrogen) atoms. The number of nitrogen functional groups attached to an aromatic ring is 1. The molecule has 5 heterocycles. The van der Waals surface area contributed by atoms with E-state index < -0.39 is 0 Å². The number of aromatic nitrogens is 2. The molecule has 0 aromatic carbocycles. The summed E-state index contributed by atoms with van der Waals surface area (Å²) in [5.74, 6) is 1.76. The van der Waals surface area contributed by atoms with Crippen molar-refractivity contribution in [2.45, 2.75) is 32.0 Å². The number of hydrogen-bond donors (Lipinski definition) is 1. The third-order valence-corrected chi connectivity index (χ3v) is 5.18. The van der Waals surface area contributed by atoms with Crippen LogP contribution in [0.25, 0.3) is 0 Å². The van der Waals surface area contributed by atoms with Gasteiger partial charge in [0.15, 0.2) is 0 Å². The lowest BCUT2D eigenvalue weighted by Crippen LogP contribution is -2.68. The average molecular weight is 355 g/mol. The molecule has 2 N–H and O–H groups in total. The first kappa shape index (κ1) is 16.9. The summed E-state index contributed by atoms with van der Waals surface area (Å²) in [6.45, 7) is 5.46. The van der Waals surface area contributed by atoms with E-state index in [1.165, 1.54) is 12.0 Å². The predicted molar refractivity (Wildman–Crippen MR) is 101 cm³/mol. The van der Waals surface area contributed by atoms with Crippen LogP contribution in [0.2, 0.25) is 0 Å². The van der Waals surface area contributed by atoms with E-state index in [1.54, 1.807) is 7.11 Å². The van der Waals surface area contributed by atoms with Crippen molar-refractivity contribution >= 4 is 11.5 Å². The zero-order valence-electron chi connectivity index (χ0n) is 15.3. The normalized spacial score (nSPS) is 22.0. The van der Waals surface area contributed by atoms with Crippen LogP contribution in [0.1, 0.15) is 18.9 Å². The maximum absolute atomic E-state index is 5.95. The Hall–Kier alpha value is -2.54. The minimum atomic E-state index is 0.506. The smallest absolute Gasteiger partial charge is 0.217 e. The van der Waals surface area contributed by atoms with Gasteiger partial charge in [-0.25, -0.2) is 4.98 Å². The number of pyridine rings is 2. The van der Waals surface area contributed by atoms with Crippen LogP contribution in [0.3, 0.4) is 0 Å². The molecule has 2 bridgehead atoms. The lowest BCUT2D eigenvalue weighted by Gasteiger charge is -2.57. The summed E-state index contributed by atoms with van der Waals surface area (Å²) < 4.78 is 10.7. The van der Waals surface area contributed by atoms with Gasteiger partial charge < -0.3 is 20.1 Å². The number of fused-ring (bicyclic) bond motifs is 2. The fraction of sp³-hybridized carbons (Fsp3) is 0.474. The average Bonchev–Trinajstić information content (AvgIpc) is 2.66. The molecule has 3 fully saturated rings. The van der Waals surface area contributed by atoms with Crippen LogP contribution in [-0.4, -0.2) is 53.8 Å². The molecular formula is C19H25N5O2. The second-order valence-corrected chi connectivity index (χ2v) is 6.85. The number of anilines is 2. The van der Waals surface area contributed by atoms with Crippen LogP contribution >= 0.6 is 0 Å². The van der Waals surface area contributed by atoms with Crippen molar-refractivity contribution < 1.29 is 9.47 Å². The highest BCUT2D eigenvalue weighted by Crippen LogP contribution is 2.36. The van der Waals surface area contributed by atoms with E-state index in [9.17, 15) is 0 Å². The molecule has 0 aliphatic carbocycles. The van der Waals surface area contributed by atoms with Crippen LogP contribution in [-0.2, 0) is 6.54 Å².